The summed E-state index contributed by atoms with van der Waals surface area (Å²) < 4.78 is 1.10. The summed E-state index contributed by atoms with van der Waals surface area (Å²) in [5, 5.41) is 19.3. The van der Waals surface area contributed by atoms with E-state index in [-0.39, 0.29) is 13.0 Å². The van der Waals surface area contributed by atoms with Crippen molar-refractivity contribution in [3.63, 3.8) is 0 Å². The first-order chi connectivity index (χ1) is 14.0. The number of carboxylic acid groups (broad SMARTS) is 1. The molecule has 5 nitrogen and oxygen atoms in total. The number of aliphatic hydroxyl groups is 1. The zero-order chi connectivity index (χ0) is 20.8. The van der Waals surface area contributed by atoms with Crippen LogP contribution in [0.5, 0.6) is 0 Å². The zero-order valence-electron chi connectivity index (χ0n) is 16.8. The molecule has 0 fully saturated rings. The van der Waals surface area contributed by atoms with Crippen LogP contribution in [0.3, 0.4) is 0 Å². The van der Waals surface area contributed by atoms with Crippen LogP contribution in [0.25, 0.3) is 21.9 Å². The summed E-state index contributed by atoms with van der Waals surface area (Å²) in [5.74, 6) is -0.813. The van der Waals surface area contributed by atoms with Gasteiger partial charge in [-0.25, -0.2) is 4.98 Å². The molecule has 0 radical (unpaired) electrons. The predicted octanol–water partition coefficient (Wildman–Crippen LogP) is 4.83. The largest absolute Gasteiger partial charge is 0.481 e. The predicted molar refractivity (Wildman–Crippen MR) is 121 cm³/mol. The Balaban J connectivity index is 1.97. The number of carboxylic acids is 1. The highest BCUT2D eigenvalue weighted by atomic mass is 32.1. The highest BCUT2D eigenvalue weighted by Gasteiger charge is 2.12. The molecule has 0 spiro atoms. The number of carbonyl (C=O) groups is 1. The standard InChI is InChI=1S/C23H26N2O3S/c1-3-25(12-13-26)19-10-8-17(16(2)14-19)15-18(9-11-22(27)28)23-24-20-6-4-5-7-21(20)29-23/h4-8,10,14-15,26H,3,9,11-13H2,1-2H3,(H,27,28)/b18-15-. The molecule has 0 atom stereocenters. The molecule has 152 valence electrons. The molecule has 0 saturated carbocycles. The summed E-state index contributed by atoms with van der Waals surface area (Å²) in [7, 11) is 0. The first kappa shape index (κ1) is 21.0. The highest BCUT2D eigenvalue weighted by molar-refractivity contribution is 7.19. The molecule has 2 N–H and O–H groups in total. The maximum atomic E-state index is 11.2. The Kier molecular flexibility index (Phi) is 7.01. The Morgan fingerprint density at radius 2 is 2.00 bits per heavy atom. The van der Waals surface area contributed by atoms with Gasteiger partial charge in [0.05, 0.1) is 16.8 Å². The number of aliphatic carboxylic acids is 1. The summed E-state index contributed by atoms with van der Waals surface area (Å²) in [5.41, 5.74) is 5.10. The quantitative estimate of drug-likeness (QED) is 0.529. The number of anilines is 1. The molecule has 0 amide bonds. The summed E-state index contributed by atoms with van der Waals surface area (Å²) >= 11 is 1.59. The van der Waals surface area contributed by atoms with Crippen LogP contribution >= 0.6 is 11.3 Å². The van der Waals surface area contributed by atoms with Crippen LogP contribution in [0.15, 0.2) is 42.5 Å². The van der Waals surface area contributed by atoms with Gasteiger partial charge >= 0.3 is 5.97 Å². The van der Waals surface area contributed by atoms with Gasteiger partial charge in [0.15, 0.2) is 0 Å². The van der Waals surface area contributed by atoms with Gasteiger partial charge in [-0.2, -0.15) is 0 Å². The van der Waals surface area contributed by atoms with Gasteiger partial charge in [-0.05, 0) is 67.3 Å². The van der Waals surface area contributed by atoms with Gasteiger partial charge in [0, 0.05) is 25.2 Å². The number of nitrogens with zero attached hydrogens (tertiary/aromatic N) is 2. The van der Waals surface area contributed by atoms with Crippen molar-refractivity contribution in [2.24, 2.45) is 0 Å². The lowest BCUT2D eigenvalue weighted by atomic mass is 10.0. The second-order valence-electron chi connectivity index (χ2n) is 6.89. The minimum Gasteiger partial charge on any atom is -0.481 e. The van der Waals surface area contributed by atoms with Gasteiger partial charge in [0.25, 0.3) is 0 Å². The van der Waals surface area contributed by atoms with Crippen LogP contribution in [0, 0.1) is 6.92 Å². The smallest absolute Gasteiger partial charge is 0.303 e. The number of fused-ring (bicyclic) bond motifs is 1. The van der Waals surface area contributed by atoms with E-state index in [9.17, 15) is 15.0 Å². The van der Waals surface area contributed by atoms with Crippen LogP contribution in [0.2, 0.25) is 0 Å². The molecular weight excluding hydrogens is 384 g/mol. The van der Waals surface area contributed by atoms with E-state index < -0.39 is 5.97 Å². The summed E-state index contributed by atoms with van der Waals surface area (Å²) in [6, 6.07) is 14.2. The van der Waals surface area contributed by atoms with Crippen molar-refractivity contribution < 1.29 is 15.0 Å². The average Bonchev–Trinajstić information content (AvgIpc) is 3.14. The van der Waals surface area contributed by atoms with Crippen LogP contribution in [0.4, 0.5) is 5.69 Å². The van der Waals surface area contributed by atoms with E-state index in [1.807, 2.05) is 30.3 Å². The Hall–Kier alpha value is -2.70. The second-order valence-corrected chi connectivity index (χ2v) is 7.92. The number of benzene rings is 2. The number of hydrogen-bond donors (Lipinski definition) is 2. The minimum atomic E-state index is -0.813. The van der Waals surface area contributed by atoms with Gasteiger partial charge in [-0.15, -0.1) is 11.3 Å². The number of likely N-dealkylation sites (N-methyl/N-ethyl adjacent to an activating group) is 1. The number of allylic oxidation sites excluding steroid dienone is 1. The van der Waals surface area contributed by atoms with E-state index in [0.717, 1.165) is 44.2 Å². The molecule has 0 saturated heterocycles. The van der Waals surface area contributed by atoms with Crippen molar-refractivity contribution in [1.82, 2.24) is 4.98 Å². The third-order valence-corrected chi connectivity index (χ3v) is 5.99. The molecule has 0 aliphatic heterocycles. The molecule has 3 aromatic rings. The first-order valence-corrected chi connectivity index (χ1v) is 10.6. The molecule has 3 rings (SSSR count). The van der Waals surface area contributed by atoms with Crippen LogP contribution in [0.1, 0.15) is 35.9 Å². The molecule has 0 aliphatic carbocycles. The topological polar surface area (TPSA) is 73.7 Å². The summed E-state index contributed by atoms with van der Waals surface area (Å²) in [6.07, 6.45) is 2.56. The number of hydrogen-bond acceptors (Lipinski definition) is 5. The first-order valence-electron chi connectivity index (χ1n) is 9.76. The zero-order valence-corrected chi connectivity index (χ0v) is 17.6. The van der Waals surface area contributed by atoms with Crippen molar-refractivity contribution in [2.75, 3.05) is 24.6 Å². The van der Waals surface area contributed by atoms with Crippen LogP contribution in [-0.2, 0) is 4.79 Å². The lowest BCUT2D eigenvalue weighted by Crippen LogP contribution is -2.26. The van der Waals surface area contributed by atoms with Gasteiger partial charge in [-0.1, -0.05) is 18.2 Å². The van der Waals surface area contributed by atoms with Gasteiger partial charge in [0.2, 0.25) is 0 Å². The second kappa shape index (κ2) is 9.67. The molecule has 0 bridgehead atoms. The number of aromatic nitrogens is 1. The number of para-hydroxylation sites is 1. The fourth-order valence-corrected chi connectivity index (χ4v) is 4.30. The fourth-order valence-electron chi connectivity index (χ4n) is 3.29. The number of aliphatic hydroxyl groups excluding tert-OH is 1. The summed E-state index contributed by atoms with van der Waals surface area (Å²) in [6.45, 7) is 5.65. The molecular formula is C23H26N2O3S. The lowest BCUT2D eigenvalue weighted by molar-refractivity contribution is -0.136. The molecule has 1 heterocycles. The SMILES string of the molecule is CCN(CCO)c1ccc(/C=C(/CCC(=O)O)c2nc3ccccc3s2)c(C)c1. The maximum absolute atomic E-state index is 11.2. The minimum absolute atomic E-state index is 0.0685. The van der Waals surface area contributed by atoms with E-state index >= 15 is 0 Å². The average molecular weight is 411 g/mol. The molecule has 2 aromatic carbocycles. The third kappa shape index (κ3) is 5.22. The van der Waals surface area contributed by atoms with Crippen LogP contribution < -0.4 is 4.90 Å². The van der Waals surface area contributed by atoms with Crippen molar-refractivity contribution >= 4 is 44.9 Å². The van der Waals surface area contributed by atoms with Crippen molar-refractivity contribution in [3.8, 4) is 0 Å². The number of thiazole rings is 1. The third-order valence-electron chi connectivity index (χ3n) is 4.88. The molecule has 6 heteroatoms. The van der Waals surface area contributed by atoms with Crippen molar-refractivity contribution in [1.29, 1.82) is 0 Å². The van der Waals surface area contributed by atoms with E-state index in [1.54, 1.807) is 11.3 Å². The summed E-state index contributed by atoms with van der Waals surface area (Å²) in [4.78, 5) is 18.0. The molecule has 1 aromatic heterocycles. The van der Waals surface area contributed by atoms with Crippen molar-refractivity contribution in [2.45, 2.75) is 26.7 Å². The molecule has 29 heavy (non-hydrogen) atoms. The van der Waals surface area contributed by atoms with E-state index in [1.165, 1.54) is 0 Å². The Bertz CT molecular complexity index is 993. The lowest BCUT2D eigenvalue weighted by Gasteiger charge is -2.23. The highest BCUT2D eigenvalue weighted by Crippen LogP contribution is 2.32. The Labute approximate surface area is 174 Å². The van der Waals surface area contributed by atoms with E-state index in [0.29, 0.717) is 13.0 Å². The van der Waals surface area contributed by atoms with Crippen molar-refractivity contribution in [3.05, 3.63) is 58.6 Å². The Morgan fingerprint density at radius 3 is 2.66 bits per heavy atom. The normalized spacial score (nSPS) is 11.8. The van der Waals surface area contributed by atoms with E-state index in [2.05, 4.69) is 37.0 Å². The van der Waals surface area contributed by atoms with Gasteiger partial charge < -0.3 is 15.1 Å². The van der Waals surface area contributed by atoms with Crippen LogP contribution in [-0.4, -0.2) is 40.9 Å². The fraction of sp³-hybridized carbons (Fsp3) is 0.304. The number of aryl methyl sites for hydroxylation is 1. The monoisotopic (exact) mass is 410 g/mol. The Morgan fingerprint density at radius 1 is 1.21 bits per heavy atom. The maximum Gasteiger partial charge on any atom is 0.303 e. The van der Waals surface area contributed by atoms with E-state index in [4.69, 9.17) is 4.98 Å². The van der Waals surface area contributed by atoms with Gasteiger partial charge in [-0.3, -0.25) is 4.79 Å². The molecule has 0 unspecified atom stereocenters. The number of rotatable bonds is 9. The van der Waals surface area contributed by atoms with Gasteiger partial charge in [0.1, 0.15) is 5.01 Å². The molecule has 0 aliphatic rings.